The number of rotatable bonds is 2. The van der Waals surface area contributed by atoms with E-state index in [1.54, 1.807) is 25.1 Å². The van der Waals surface area contributed by atoms with Crippen molar-refractivity contribution in [3.8, 4) is 0 Å². The van der Waals surface area contributed by atoms with Crippen molar-refractivity contribution < 1.29 is 9.53 Å². The number of esters is 1. The Kier molecular flexibility index (Phi) is 3.78. The zero-order valence-corrected chi connectivity index (χ0v) is 9.39. The Morgan fingerprint density at radius 1 is 1.36 bits per heavy atom. The van der Waals surface area contributed by atoms with Crippen LogP contribution in [-0.4, -0.2) is 5.97 Å². The summed E-state index contributed by atoms with van der Waals surface area (Å²) in [5, 5.41) is 0.952. The summed E-state index contributed by atoms with van der Waals surface area (Å²) in [5.74, 6) is -0.316. The van der Waals surface area contributed by atoms with E-state index < -0.39 is 0 Å². The molecule has 0 spiro atoms. The maximum absolute atomic E-state index is 10.7. The third-order valence-electron chi connectivity index (χ3n) is 1.76. The molecule has 1 aromatic rings. The number of hydrogen-bond donors (Lipinski definition) is 0. The summed E-state index contributed by atoms with van der Waals surface area (Å²) in [6.45, 7) is 3.15. The average molecular weight is 233 g/mol. The molecule has 0 saturated heterocycles. The monoisotopic (exact) mass is 232 g/mol. The lowest BCUT2D eigenvalue weighted by molar-refractivity contribution is -0.145. The molecule has 76 valence electrons. The normalized spacial score (nSPS) is 12.3. The fraction of sp³-hybridized carbons (Fsp3) is 0.300. The molecule has 0 heterocycles. The summed E-state index contributed by atoms with van der Waals surface area (Å²) in [6.07, 6.45) is -0.303. The maximum Gasteiger partial charge on any atom is 0.303 e. The summed E-state index contributed by atoms with van der Waals surface area (Å²) in [4.78, 5) is 10.7. The van der Waals surface area contributed by atoms with E-state index in [1.807, 2.05) is 0 Å². The smallest absolute Gasteiger partial charge is 0.303 e. The van der Waals surface area contributed by atoms with Crippen LogP contribution in [0.4, 0.5) is 0 Å². The fourth-order valence-electron chi connectivity index (χ4n) is 1.08. The van der Waals surface area contributed by atoms with Crippen LogP contribution in [0.1, 0.15) is 25.5 Å². The van der Waals surface area contributed by atoms with Crippen LogP contribution >= 0.6 is 23.2 Å². The minimum Gasteiger partial charge on any atom is -0.458 e. The largest absolute Gasteiger partial charge is 0.458 e. The van der Waals surface area contributed by atoms with Gasteiger partial charge in [0.05, 0.1) is 10.0 Å². The lowest BCUT2D eigenvalue weighted by atomic mass is 10.1. The first kappa shape index (κ1) is 11.3. The van der Waals surface area contributed by atoms with Gasteiger partial charge in [0, 0.05) is 6.92 Å². The van der Waals surface area contributed by atoms with E-state index in [9.17, 15) is 4.79 Å². The molecule has 0 aromatic heterocycles. The summed E-state index contributed by atoms with van der Waals surface area (Å²) in [7, 11) is 0. The second-order valence-corrected chi connectivity index (χ2v) is 3.74. The van der Waals surface area contributed by atoms with E-state index in [0.29, 0.717) is 10.0 Å². The van der Waals surface area contributed by atoms with Gasteiger partial charge in [-0.3, -0.25) is 4.79 Å². The number of halogens is 2. The summed E-state index contributed by atoms with van der Waals surface area (Å²) in [5.41, 5.74) is 0.828. The highest BCUT2D eigenvalue weighted by atomic mass is 35.5. The zero-order valence-electron chi connectivity index (χ0n) is 7.88. The lowest BCUT2D eigenvalue weighted by Crippen LogP contribution is -2.04. The number of hydrogen-bond acceptors (Lipinski definition) is 2. The van der Waals surface area contributed by atoms with Gasteiger partial charge in [0.2, 0.25) is 0 Å². The van der Waals surface area contributed by atoms with Crippen molar-refractivity contribution >= 4 is 29.2 Å². The summed E-state index contributed by atoms with van der Waals surface area (Å²) < 4.78 is 4.99. The van der Waals surface area contributed by atoms with Crippen LogP contribution in [0.3, 0.4) is 0 Å². The third-order valence-corrected chi connectivity index (χ3v) is 2.49. The molecule has 1 atom stereocenters. The molecular weight excluding hydrogens is 223 g/mol. The number of ether oxygens (including phenoxy) is 1. The molecule has 0 N–H and O–H groups in total. The topological polar surface area (TPSA) is 26.3 Å². The number of benzene rings is 1. The molecule has 1 aromatic carbocycles. The Balaban J connectivity index is 2.85. The van der Waals surface area contributed by atoms with Gasteiger partial charge in [-0.25, -0.2) is 0 Å². The predicted molar refractivity (Wildman–Crippen MR) is 56.6 cm³/mol. The van der Waals surface area contributed by atoms with Crippen LogP contribution in [-0.2, 0) is 9.53 Å². The van der Waals surface area contributed by atoms with E-state index in [-0.39, 0.29) is 12.1 Å². The average Bonchev–Trinajstić information content (AvgIpc) is 2.08. The van der Waals surface area contributed by atoms with Crippen molar-refractivity contribution in [2.24, 2.45) is 0 Å². The molecule has 1 unspecified atom stereocenters. The molecule has 0 aliphatic heterocycles. The number of carbonyl (C=O) groups excluding carboxylic acids is 1. The molecular formula is C10H10Cl2O2. The van der Waals surface area contributed by atoms with Crippen molar-refractivity contribution in [3.63, 3.8) is 0 Å². The van der Waals surface area contributed by atoms with Gasteiger partial charge in [-0.15, -0.1) is 0 Å². The second kappa shape index (κ2) is 4.67. The molecule has 0 bridgehead atoms. The highest BCUT2D eigenvalue weighted by Gasteiger charge is 2.09. The van der Waals surface area contributed by atoms with Crippen LogP contribution in [0.25, 0.3) is 0 Å². The van der Waals surface area contributed by atoms with E-state index in [0.717, 1.165) is 5.56 Å². The SMILES string of the molecule is CC(=O)OC(C)c1ccc(Cl)c(Cl)c1. The Labute approximate surface area is 92.8 Å². The number of carbonyl (C=O) groups is 1. The molecule has 0 fully saturated rings. The van der Waals surface area contributed by atoms with Gasteiger partial charge in [-0.2, -0.15) is 0 Å². The second-order valence-electron chi connectivity index (χ2n) is 2.93. The lowest BCUT2D eigenvalue weighted by Gasteiger charge is -2.12. The third kappa shape index (κ3) is 2.89. The standard InChI is InChI=1S/C10H10Cl2O2/c1-6(14-7(2)13)8-3-4-9(11)10(12)5-8/h3-6H,1-2H3. The van der Waals surface area contributed by atoms with Crippen LogP contribution in [0.15, 0.2) is 18.2 Å². The van der Waals surface area contributed by atoms with Crippen LogP contribution < -0.4 is 0 Å². The first-order valence-corrected chi connectivity index (χ1v) is 4.88. The van der Waals surface area contributed by atoms with Crippen LogP contribution in [0.2, 0.25) is 10.0 Å². The van der Waals surface area contributed by atoms with Crippen molar-refractivity contribution in [1.82, 2.24) is 0 Å². The van der Waals surface area contributed by atoms with Gasteiger partial charge in [-0.05, 0) is 24.6 Å². The quantitative estimate of drug-likeness (QED) is 0.729. The van der Waals surface area contributed by atoms with Crippen molar-refractivity contribution in [2.75, 3.05) is 0 Å². The molecule has 0 saturated carbocycles. The van der Waals surface area contributed by atoms with Crippen molar-refractivity contribution in [2.45, 2.75) is 20.0 Å². The molecule has 4 heteroatoms. The predicted octanol–water partition coefficient (Wildman–Crippen LogP) is 3.62. The fourth-order valence-corrected chi connectivity index (χ4v) is 1.39. The molecule has 0 amide bonds. The molecule has 0 aliphatic rings. The van der Waals surface area contributed by atoms with Gasteiger partial charge in [-0.1, -0.05) is 29.3 Å². The molecule has 14 heavy (non-hydrogen) atoms. The Morgan fingerprint density at radius 3 is 2.50 bits per heavy atom. The first-order chi connectivity index (χ1) is 6.50. The minimum absolute atomic E-state index is 0.303. The van der Waals surface area contributed by atoms with E-state index in [4.69, 9.17) is 27.9 Å². The highest BCUT2D eigenvalue weighted by molar-refractivity contribution is 6.42. The van der Waals surface area contributed by atoms with Gasteiger partial charge in [0.1, 0.15) is 6.10 Å². The summed E-state index contributed by atoms with van der Waals surface area (Å²) >= 11 is 11.6. The van der Waals surface area contributed by atoms with Gasteiger partial charge in [0.25, 0.3) is 0 Å². The maximum atomic E-state index is 10.7. The van der Waals surface area contributed by atoms with E-state index in [1.165, 1.54) is 6.92 Å². The molecule has 1 rings (SSSR count). The van der Waals surface area contributed by atoms with Crippen LogP contribution in [0, 0.1) is 0 Å². The van der Waals surface area contributed by atoms with Crippen molar-refractivity contribution in [3.05, 3.63) is 33.8 Å². The van der Waals surface area contributed by atoms with E-state index in [2.05, 4.69) is 0 Å². The van der Waals surface area contributed by atoms with Gasteiger partial charge < -0.3 is 4.74 Å². The van der Waals surface area contributed by atoms with Gasteiger partial charge in [0.15, 0.2) is 0 Å². The molecule has 0 radical (unpaired) electrons. The van der Waals surface area contributed by atoms with Crippen molar-refractivity contribution in [1.29, 1.82) is 0 Å². The zero-order chi connectivity index (χ0) is 10.7. The Morgan fingerprint density at radius 2 is 2.00 bits per heavy atom. The Hall–Kier alpha value is -0.730. The first-order valence-electron chi connectivity index (χ1n) is 4.13. The molecule has 0 aliphatic carbocycles. The summed E-state index contributed by atoms with van der Waals surface area (Å²) in [6, 6.07) is 5.15. The van der Waals surface area contributed by atoms with Crippen LogP contribution in [0.5, 0.6) is 0 Å². The highest BCUT2D eigenvalue weighted by Crippen LogP contribution is 2.26. The van der Waals surface area contributed by atoms with Gasteiger partial charge >= 0.3 is 5.97 Å². The minimum atomic E-state index is -0.316. The Bertz CT molecular complexity index is 350. The molecule has 2 nitrogen and oxygen atoms in total. The van der Waals surface area contributed by atoms with E-state index >= 15 is 0 Å².